The molecule has 2 N–H and O–H groups in total. The Morgan fingerprint density at radius 3 is 2.18 bits per heavy atom. The molecular formula is C22H27N3O2S. The molecule has 6 heteroatoms. The minimum atomic E-state index is -0.428. The van der Waals surface area contributed by atoms with Gasteiger partial charge in [0.15, 0.2) is 0 Å². The first kappa shape index (κ1) is 20.3. The van der Waals surface area contributed by atoms with Gasteiger partial charge in [0, 0.05) is 19.1 Å². The van der Waals surface area contributed by atoms with E-state index in [1.807, 2.05) is 37.7 Å². The van der Waals surface area contributed by atoms with E-state index in [9.17, 15) is 9.59 Å². The molecule has 0 saturated carbocycles. The van der Waals surface area contributed by atoms with Crippen LogP contribution < -0.4 is 21.5 Å². The molecule has 0 fully saturated rings. The van der Waals surface area contributed by atoms with Gasteiger partial charge in [0.2, 0.25) is 0 Å². The van der Waals surface area contributed by atoms with Crippen molar-refractivity contribution >= 4 is 22.7 Å². The Balaban J connectivity index is 1.61. The van der Waals surface area contributed by atoms with Crippen LogP contribution in [0, 0.1) is 0 Å². The number of thiophene rings is 1. The quantitative estimate of drug-likeness (QED) is 0.515. The first-order valence-electron chi connectivity index (χ1n) is 9.51. The maximum absolute atomic E-state index is 12.1. The molecule has 0 bridgehead atoms. The molecule has 1 aromatic heterocycles. The van der Waals surface area contributed by atoms with Crippen molar-refractivity contribution in [3.05, 3.63) is 78.7 Å². The van der Waals surface area contributed by atoms with Crippen LogP contribution in [0.25, 0.3) is 0 Å². The van der Waals surface area contributed by atoms with Gasteiger partial charge in [0.05, 0.1) is 0 Å². The van der Waals surface area contributed by atoms with Gasteiger partial charge >= 0.3 is 0 Å². The minimum absolute atomic E-state index is 0.212. The highest BCUT2D eigenvalue weighted by atomic mass is 32.1. The van der Waals surface area contributed by atoms with Crippen molar-refractivity contribution < 1.29 is 0 Å². The third-order valence-electron chi connectivity index (χ3n) is 5.17. The van der Waals surface area contributed by atoms with Gasteiger partial charge in [-0.25, -0.2) is 0 Å². The fraction of sp³-hybridized carbons (Fsp3) is 0.364. The standard InChI is InChI=1S/C22H27N3O2S/c1-15(17-9-10-28-14-17)12-23-19-20(22(27)21(19)26)24-13-18(25(2)3)11-16-7-5-4-6-8-16/h4-10,14-15,18,23-24H,11-13H2,1-3H3. The van der Waals surface area contributed by atoms with Gasteiger partial charge in [-0.2, -0.15) is 11.3 Å². The number of rotatable bonds is 10. The highest BCUT2D eigenvalue weighted by Gasteiger charge is 2.23. The second kappa shape index (κ2) is 9.17. The van der Waals surface area contributed by atoms with Crippen molar-refractivity contribution in [1.29, 1.82) is 0 Å². The summed E-state index contributed by atoms with van der Waals surface area (Å²) < 4.78 is 0. The zero-order valence-corrected chi connectivity index (χ0v) is 17.4. The minimum Gasteiger partial charge on any atom is -0.379 e. The van der Waals surface area contributed by atoms with Crippen molar-refractivity contribution in [2.45, 2.75) is 25.3 Å². The van der Waals surface area contributed by atoms with Crippen molar-refractivity contribution in [1.82, 2.24) is 4.90 Å². The molecule has 0 spiro atoms. The summed E-state index contributed by atoms with van der Waals surface area (Å²) in [6, 6.07) is 12.6. The number of likely N-dealkylation sites (N-methyl/N-ethyl adjacent to an activating group) is 1. The SMILES string of the molecule is CC(CNc1c(NCC(Cc2ccccc2)N(C)C)c(=O)c1=O)c1ccsc1. The van der Waals surface area contributed by atoms with Gasteiger partial charge in [-0.3, -0.25) is 9.59 Å². The molecule has 1 heterocycles. The van der Waals surface area contributed by atoms with Crippen molar-refractivity contribution in [3.8, 4) is 0 Å². The van der Waals surface area contributed by atoms with Crippen molar-refractivity contribution in [2.24, 2.45) is 0 Å². The molecule has 2 atom stereocenters. The first-order chi connectivity index (χ1) is 13.5. The van der Waals surface area contributed by atoms with Crippen LogP contribution in [-0.4, -0.2) is 38.1 Å². The molecule has 28 heavy (non-hydrogen) atoms. The Morgan fingerprint density at radius 2 is 1.61 bits per heavy atom. The van der Waals surface area contributed by atoms with E-state index in [1.165, 1.54) is 11.1 Å². The van der Waals surface area contributed by atoms with Gasteiger partial charge in [0.1, 0.15) is 11.4 Å². The molecule has 0 saturated heterocycles. The fourth-order valence-corrected chi connectivity index (χ4v) is 3.98. The van der Waals surface area contributed by atoms with Crippen LogP contribution in [0.3, 0.4) is 0 Å². The summed E-state index contributed by atoms with van der Waals surface area (Å²) in [4.78, 5) is 26.2. The second-order valence-corrected chi connectivity index (χ2v) is 8.21. The maximum Gasteiger partial charge on any atom is 0.253 e. The van der Waals surface area contributed by atoms with Crippen LogP contribution in [0.15, 0.2) is 56.7 Å². The average molecular weight is 398 g/mol. The zero-order valence-electron chi connectivity index (χ0n) is 16.6. The zero-order chi connectivity index (χ0) is 20.1. The summed E-state index contributed by atoms with van der Waals surface area (Å²) in [5.74, 6) is 0.274. The van der Waals surface area contributed by atoms with Gasteiger partial charge in [-0.05, 0) is 54.4 Å². The highest BCUT2D eigenvalue weighted by Crippen LogP contribution is 2.21. The number of benzene rings is 1. The Morgan fingerprint density at radius 1 is 0.964 bits per heavy atom. The van der Waals surface area contributed by atoms with E-state index >= 15 is 0 Å². The molecule has 2 aromatic carbocycles. The topological polar surface area (TPSA) is 61.4 Å². The van der Waals surface area contributed by atoms with E-state index in [4.69, 9.17) is 0 Å². The molecule has 0 radical (unpaired) electrons. The Labute approximate surface area is 169 Å². The van der Waals surface area contributed by atoms with Gasteiger partial charge in [-0.1, -0.05) is 37.3 Å². The predicted molar refractivity (Wildman–Crippen MR) is 119 cm³/mol. The van der Waals surface area contributed by atoms with E-state index in [2.05, 4.69) is 46.0 Å². The summed E-state index contributed by atoms with van der Waals surface area (Å²) in [5.41, 5.74) is 2.47. The summed E-state index contributed by atoms with van der Waals surface area (Å²) in [6.07, 6.45) is 0.869. The first-order valence-corrected chi connectivity index (χ1v) is 10.4. The third kappa shape index (κ3) is 4.69. The highest BCUT2D eigenvalue weighted by molar-refractivity contribution is 7.07. The van der Waals surface area contributed by atoms with E-state index in [0.717, 1.165) is 6.42 Å². The summed E-state index contributed by atoms with van der Waals surface area (Å²) in [5, 5.41) is 10.6. The largest absolute Gasteiger partial charge is 0.379 e. The lowest BCUT2D eigenvalue weighted by Gasteiger charge is -2.26. The summed E-state index contributed by atoms with van der Waals surface area (Å²) in [6.45, 7) is 3.33. The second-order valence-electron chi connectivity index (χ2n) is 7.43. The molecule has 0 amide bonds. The third-order valence-corrected chi connectivity index (χ3v) is 5.87. The summed E-state index contributed by atoms with van der Waals surface area (Å²) in [7, 11) is 4.05. The molecule has 3 rings (SSSR count). The van der Waals surface area contributed by atoms with E-state index in [0.29, 0.717) is 24.5 Å². The Kier molecular flexibility index (Phi) is 6.65. The fourth-order valence-electron chi connectivity index (χ4n) is 3.20. The Hall–Kier alpha value is -2.44. The lowest BCUT2D eigenvalue weighted by Crippen LogP contribution is -2.42. The number of nitrogens with zero attached hydrogens (tertiary/aromatic N) is 1. The van der Waals surface area contributed by atoms with Gasteiger partial charge < -0.3 is 15.5 Å². The van der Waals surface area contributed by atoms with Crippen LogP contribution in [0.5, 0.6) is 0 Å². The smallest absolute Gasteiger partial charge is 0.253 e. The number of anilines is 2. The molecule has 0 aliphatic rings. The van der Waals surface area contributed by atoms with Crippen LogP contribution in [0.4, 0.5) is 11.4 Å². The van der Waals surface area contributed by atoms with Gasteiger partial charge in [0.25, 0.3) is 10.9 Å². The summed E-state index contributed by atoms with van der Waals surface area (Å²) >= 11 is 1.66. The van der Waals surface area contributed by atoms with Crippen molar-refractivity contribution in [2.75, 3.05) is 37.8 Å². The molecule has 0 aliphatic carbocycles. The number of hydrogen-bond donors (Lipinski definition) is 2. The molecule has 3 aromatic rings. The van der Waals surface area contributed by atoms with Crippen molar-refractivity contribution in [3.63, 3.8) is 0 Å². The monoisotopic (exact) mass is 397 g/mol. The molecule has 148 valence electrons. The maximum atomic E-state index is 12.1. The lowest BCUT2D eigenvalue weighted by atomic mass is 10.0. The molecular weight excluding hydrogens is 370 g/mol. The number of hydrogen-bond acceptors (Lipinski definition) is 6. The van der Waals surface area contributed by atoms with Gasteiger partial charge in [-0.15, -0.1) is 0 Å². The van der Waals surface area contributed by atoms with Crippen LogP contribution >= 0.6 is 11.3 Å². The molecule has 2 unspecified atom stereocenters. The van der Waals surface area contributed by atoms with Crippen LogP contribution in [0.2, 0.25) is 0 Å². The van der Waals surface area contributed by atoms with E-state index in [1.54, 1.807) is 11.3 Å². The molecule has 0 aliphatic heterocycles. The average Bonchev–Trinajstić information content (AvgIpc) is 3.24. The Bertz CT molecular complexity index is 944. The lowest BCUT2D eigenvalue weighted by molar-refractivity contribution is 0.303. The normalized spacial score (nSPS) is 13.6. The van der Waals surface area contributed by atoms with Crippen LogP contribution in [0.1, 0.15) is 24.0 Å². The van der Waals surface area contributed by atoms with E-state index in [-0.39, 0.29) is 12.0 Å². The van der Waals surface area contributed by atoms with Crippen LogP contribution in [-0.2, 0) is 6.42 Å². The molecule has 5 nitrogen and oxygen atoms in total. The van der Waals surface area contributed by atoms with E-state index < -0.39 is 10.9 Å². The predicted octanol–water partition coefficient (Wildman–Crippen LogP) is 3.14. The number of nitrogens with one attached hydrogen (secondary N) is 2.